The van der Waals surface area contributed by atoms with Crippen LogP contribution in [0.15, 0.2) is 0 Å². The molecule has 1 nitrogen and oxygen atoms in total. The predicted octanol–water partition coefficient (Wildman–Crippen LogP) is 12.5. The van der Waals surface area contributed by atoms with E-state index in [4.69, 9.17) is 0 Å². The van der Waals surface area contributed by atoms with Crippen LogP contribution in [0, 0.1) is 0 Å². The number of unbranched alkanes of at least 4 members (excludes halogenated alkanes) is 24. The second kappa shape index (κ2) is 34.0. The fourth-order valence-electron chi connectivity index (χ4n) is 4.81. The first kappa shape index (κ1) is 37.1. The zero-order valence-electron chi connectivity index (χ0n) is 26.1. The lowest BCUT2D eigenvalue weighted by molar-refractivity contribution is 0.291. The van der Waals surface area contributed by atoms with Crippen LogP contribution in [0.5, 0.6) is 0 Å². The van der Waals surface area contributed by atoms with Gasteiger partial charge in [0.25, 0.3) is 0 Å². The van der Waals surface area contributed by atoms with E-state index in [0.717, 1.165) is 6.04 Å². The van der Waals surface area contributed by atoms with Crippen molar-refractivity contribution in [3.05, 3.63) is 0 Å². The Bertz CT molecular complexity index is 331. The van der Waals surface area contributed by atoms with Crippen LogP contribution in [0.25, 0.3) is 0 Å². The van der Waals surface area contributed by atoms with E-state index in [0.29, 0.717) is 0 Å². The normalized spacial score (nSPS) is 12.1. The minimum absolute atomic E-state index is 0.751. The van der Waals surface area contributed by atoms with Crippen molar-refractivity contribution < 1.29 is 0 Å². The summed E-state index contributed by atoms with van der Waals surface area (Å²) in [5.41, 5.74) is 0. The molecule has 0 aliphatic carbocycles. The predicted molar refractivity (Wildman–Crippen MR) is 165 cm³/mol. The van der Waals surface area contributed by atoms with Gasteiger partial charge in [0.2, 0.25) is 0 Å². The lowest BCUT2D eigenvalue weighted by atomic mass is 10.0. The average Bonchev–Trinajstić information content (AvgIpc) is 2.85. The van der Waals surface area contributed by atoms with Gasteiger partial charge in [-0.3, -0.25) is 0 Å². The SMILES string of the molecule is CCCCCCCCC.CCCCCCCCCCCCCCCCCCCCCC(C)N(C)C. The quantitative estimate of drug-likeness (QED) is 0.102. The lowest BCUT2D eigenvalue weighted by Gasteiger charge is -2.19. The Morgan fingerprint density at radius 3 is 0.743 bits per heavy atom. The van der Waals surface area contributed by atoms with Gasteiger partial charge < -0.3 is 4.90 Å². The third kappa shape index (κ3) is 36.2. The first-order valence-corrected chi connectivity index (χ1v) is 16.8. The van der Waals surface area contributed by atoms with Crippen molar-refractivity contribution in [2.75, 3.05) is 14.1 Å². The van der Waals surface area contributed by atoms with Gasteiger partial charge in [-0.2, -0.15) is 0 Å². The molecule has 214 valence electrons. The number of rotatable bonds is 27. The maximum absolute atomic E-state index is 2.34. The molecule has 1 heteroatoms. The van der Waals surface area contributed by atoms with Crippen molar-refractivity contribution in [2.24, 2.45) is 0 Å². The number of hydrogen-bond acceptors (Lipinski definition) is 1. The van der Waals surface area contributed by atoms with E-state index >= 15 is 0 Å². The fraction of sp³-hybridized carbons (Fsp3) is 1.00. The molecule has 0 aromatic rings. The third-order valence-corrected chi connectivity index (χ3v) is 7.81. The van der Waals surface area contributed by atoms with Crippen LogP contribution in [-0.2, 0) is 0 Å². The van der Waals surface area contributed by atoms with Crippen molar-refractivity contribution >= 4 is 0 Å². The molecule has 0 spiro atoms. The summed E-state index contributed by atoms with van der Waals surface area (Å²) in [4.78, 5) is 2.34. The van der Waals surface area contributed by atoms with Gasteiger partial charge in [-0.25, -0.2) is 0 Å². The Morgan fingerprint density at radius 2 is 0.543 bits per heavy atom. The van der Waals surface area contributed by atoms with Crippen molar-refractivity contribution in [1.82, 2.24) is 4.90 Å². The summed E-state index contributed by atoms with van der Waals surface area (Å²) < 4.78 is 0. The average molecular weight is 496 g/mol. The van der Waals surface area contributed by atoms with Crippen LogP contribution < -0.4 is 0 Å². The lowest BCUT2D eigenvalue weighted by Crippen LogP contribution is -2.24. The molecule has 1 atom stereocenters. The molecule has 35 heavy (non-hydrogen) atoms. The molecule has 0 saturated carbocycles. The highest BCUT2D eigenvalue weighted by Crippen LogP contribution is 2.15. The zero-order valence-corrected chi connectivity index (χ0v) is 26.1. The van der Waals surface area contributed by atoms with Crippen LogP contribution >= 0.6 is 0 Å². The van der Waals surface area contributed by atoms with Crippen LogP contribution in [-0.4, -0.2) is 25.0 Å². The monoisotopic (exact) mass is 496 g/mol. The van der Waals surface area contributed by atoms with Gasteiger partial charge in [0, 0.05) is 6.04 Å². The van der Waals surface area contributed by atoms with Gasteiger partial charge >= 0.3 is 0 Å². The van der Waals surface area contributed by atoms with E-state index in [1.165, 1.54) is 173 Å². The second-order valence-electron chi connectivity index (χ2n) is 11.7. The summed E-state index contributed by atoms with van der Waals surface area (Å²) in [5.74, 6) is 0. The van der Waals surface area contributed by atoms with Gasteiger partial charge in [-0.05, 0) is 27.4 Å². The third-order valence-electron chi connectivity index (χ3n) is 7.81. The van der Waals surface area contributed by atoms with Gasteiger partial charge in [0.05, 0.1) is 0 Å². The zero-order chi connectivity index (χ0) is 26.2. The molecule has 0 radical (unpaired) electrons. The molecule has 0 bridgehead atoms. The van der Waals surface area contributed by atoms with Crippen molar-refractivity contribution in [3.63, 3.8) is 0 Å². The van der Waals surface area contributed by atoms with Gasteiger partial charge in [-0.15, -0.1) is 0 Å². The molecule has 1 unspecified atom stereocenters. The van der Waals surface area contributed by atoms with Crippen molar-refractivity contribution in [3.8, 4) is 0 Å². The summed E-state index contributed by atoms with van der Waals surface area (Å²) in [5, 5.41) is 0. The Labute approximate surface area is 226 Å². The summed E-state index contributed by atoms with van der Waals surface area (Å²) in [6.07, 6.45) is 39.2. The van der Waals surface area contributed by atoms with Crippen LogP contribution in [0.3, 0.4) is 0 Å². The molecule has 0 N–H and O–H groups in total. The highest BCUT2D eigenvalue weighted by Gasteiger charge is 2.03. The molecular formula is C34H73N. The van der Waals surface area contributed by atoms with E-state index in [9.17, 15) is 0 Å². The van der Waals surface area contributed by atoms with E-state index in [-0.39, 0.29) is 0 Å². The highest BCUT2D eigenvalue weighted by atomic mass is 15.1. The molecule has 0 aromatic carbocycles. The Morgan fingerprint density at radius 1 is 0.343 bits per heavy atom. The molecule has 0 saturated heterocycles. The van der Waals surface area contributed by atoms with Crippen molar-refractivity contribution in [1.29, 1.82) is 0 Å². The molecule has 0 fully saturated rings. The summed E-state index contributed by atoms with van der Waals surface area (Å²) >= 11 is 0. The number of hydrogen-bond donors (Lipinski definition) is 0. The maximum atomic E-state index is 2.34. The molecule has 0 heterocycles. The summed E-state index contributed by atoms with van der Waals surface area (Å²) in [6.45, 7) is 9.17. The first-order chi connectivity index (χ1) is 17.1. The van der Waals surface area contributed by atoms with E-state index in [1.54, 1.807) is 0 Å². The molecular weight excluding hydrogens is 422 g/mol. The maximum Gasteiger partial charge on any atom is 0.00608 e. The van der Waals surface area contributed by atoms with Gasteiger partial charge in [-0.1, -0.05) is 188 Å². The molecule has 0 amide bonds. The molecule has 0 aliphatic heterocycles. The Hall–Kier alpha value is -0.0400. The number of nitrogens with zero attached hydrogens (tertiary/aromatic N) is 1. The van der Waals surface area contributed by atoms with E-state index in [2.05, 4.69) is 46.7 Å². The van der Waals surface area contributed by atoms with Crippen molar-refractivity contribution in [2.45, 2.75) is 207 Å². The standard InChI is InChI=1S/C25H53N.C9H20/c1-5-6-7-8-9-10-11-12-13-14-15-16-17-18-19-20-21-22-23-24-25(2)26(3)4;1-3-5-7-9-8-6-4-2/h25H,5-24H2,1-4H3;3-9H2,1-2H3. The van der Waals surface area contributed by atoms with Crippen LogP contribution in [0.4, 0.5) is 0 Å². The molecule has 0 aromatic heterocycles. The summed E-state index contributed by atoms with van der Waals surface area (Å²) in [6, 6.07) is 0.751. The largest absolute Gasteiger partial charge is 0.307 e. The first-order valence-electron chi connectivity index (χ1n) is 16.8. The van der Waals surface area contributed by atoms with Gasteiger partial charge in [0.15, 0.2) is 0 Å². The minimum atomic E-state index is 0.751. The van der Waals surface area contributed by atoms with Crippen LogP contribution in [0.2, 0.25) is 0 Å². The topological polar surface area (TPSA) is 3.24 Å². The van der Waals surface area contributed by atoms with E-state index in [1.807, 2.05) is 0 Å². The molecule has 0 aliphatic rings. The summed E-state index contributed by atoms with van der Waals surface area (Å²) in [7, 11) is 4.39. The Kier molecular flexibility index (Phi) is 36.0. The van der Waals surface area contributed by atoms with Crippen LogP contribution in [0.1, 0.15) is 201 Å². The van der Waals surface area contributed by atoms with Gasteiger partial charge in [0.1, 0.15) is 0 Å². The van der Waals surface area contributed by atoms with E-state index < -0.39 is 0 Å². The second-order valence-corrected chi connectivity index (χ2v) is 11.7. The Balaban J connectivity index is 0. The smallest absolute Gasteiger partial charge is 0.00608 e. The minimum Gasteiger partial charge on any atom is -0.307 e. The fourth-order valence-corrected chi connectivity index (χ4v) is 4.81. The highest BCUT2D eigenvalue weighted by molar-refractivity contribution is 4.59. The molecule has 0 rings (SSSR count).